The molecule has 6 nitrogen and oxygen atoms in total. The van der Waals surface area contributed by atoms with Crippen molar-refractivity contribution in [3.8, 4) is 5.88 Å². The summed E-state index contributed by atoms with van der Waals surface area (Å²) in [7, 11) is 2.79. The molecule has 0 aliphatic heterocycles. The third-order valence-electron chi connectivity index (χ3n) is 2.68. The minimum absolute atomic E-state index is 0.165. The summed E-state index contributed by atoms with van der Waals surface area (Å²) < 4.78 is 9.62. The Kier molecular flexibility index (Phi) is 5.78. The molecule has 0 aliphatic rings. The zero-order chi connectivity index (χ0) is 14.3. The average Bonchev–Trinajstić information content (AvgIpc) is 2.47. The first-order valence-electron chi connectivity index (χ1n) is 5.99. The molecule has 0 aromatic carbocycles. The highest BCUT2D eigenvalue weighted by Gasteiger charge is 2.19. The Hall–Kier alpha value is -2.11. The molecule has 0 unspecified atom stereocenters. The molecule has 0 atom stereocenters. The lowest BCUT2D eigenvalue weighted by molar-refractivity contribution is -0.140. The topological polar surface area (TPSA) is 68.7 Å². The van der Waals surface area contributed by atoms with Gasteiger partial charge in [-0.3, -0.25) is 9.59 Å². The van der Waals surface area contributed by atoms with Crippen LogP contribution in [0.15, 0.2) is 18.3 Å². The van der Waals surface area contributed by atoms with E-state index in [1.165, 1.54) is 14.2 Å². The van der Waals surface area contributed by atoms with E-state index in [2.05, 4.69) is 9.72 Å². The maximum atomic E-state index is 12.3. The van der Waals surface area contributed by atoms with Crippen molar-refractivity contribution in [3.63, 3.8) is 0 Å². The van der Waals surface area contributed by atoms with Crippen LogP contribution < -0.4 is 4.74 Å². The fourth-order valence-corrected chi connectivity index (χ4v) is 1.62. The molecule has 0 saturated heterocycles. The molecule has 6 heteroatoms. The molecule has 1 heterocycles. The Morgan fingerprint density at radius 1 is 1.37 bits per heavy atom. The second-order valence-corrected chi connectivity index (χ2v) is 3.77. The third-order valence-corrected chi connectivity index (χ3v) is 2.68. The van der Waals surface area contributed by atoms with Crippen LogP contribution in [-0.4, -0.2) is 49.1 Å². The van der Waals surface area contributed by atoms with Crippen LogP contribution in [0.25, 0.3) is 0 Å². The number of hydrogen-bond donors (Lipinski definition) is 0. The number of carbonyl (C=O) groups excluding carboxylic acids is 2. The van der Waals surface area contributed by atoms with E-state index in [4.69, 9.17) is 4.74 Å². The zero-order valence-electron chi connectivity index (χ0n) is 11.4. The van der Waals surface area contributed by atoms with Crippen LogP contribution in [0.1, 0.15) is 23.7 Å². The lowest BCUT2D eigenvalue weighted by Crippen LogP contribution is -2.33. The van der Waals surface area contributed by atoms with Gasteiger partial charge in [0.25, 0.3) is 5.91 Å². The van der Waals surface area contributed by atoms with E-state index in [-0.39, 0.29) is 24.2 Å². The van der Waals surface area contributed by atoms with Crippen LogP contribution in [0.2, 0.25) is 0 Å². The summed E-state index contributed by atoms with van der Waals surface area (Å²) in [6, 6.07) is 3.32. The number of esters is 1. The van der Waals surface area contributed by atoms with Crippen molar-refractivity contribution in [2.24, 2.45) is 0 Å². The Morgan fingerprint density at radius 2 is 2.11 bits per heavy atom. The second-order valence-electron chi connectivity index (χ2n) is 3.77. The number of amides is 1. The lowest BCUT2D eigenvalue weighted by atomic mass is 10.2. The van der Waals surface area contributed by atoms with Crippen molar-refractivity contribution in [3.05, 3.63) is 23.9 Å². The quantitative estimate of drug-likeness (QED) is 0.722. The molecule has 1 amide bonds. The molecule has 104 valence electrons. The summed E-state index contributed by atoms with van der Waals surface area (Å²) in [5.74, 6) is -0.273. The number of carbonyl (C=O) groups is 2. The molecule has 0 bridgehead atoms. The second kappa shape index (κ2) is 7.35. The lowest BCUT2D eigenvalue weighted by Gasteiger charge is -2.20. The van der Waals surface area contributed by atoms with Gasteiger partial charge in [0.1, 0.15) is 5.56 Å². The molecule has 0 spiro atoms. The van der Waals surface area contributed by atoms with Crippen LogP contribution in [0.5, 0.6) is 5.88 Å². The van der Waals surface area contributed by atoms with Gasteiger partial charge in [-0.2, -0.15) is 0 Å². The summed E-state index contributed by atoms with van der Waals surface area (Å²) in [5, 5.41) is 0. The van der Waals surface area contributed by atoms with Gasteiger partial charge in [0.2, 0.25) is 5.88 Å². The van der Waals surface area contributed by atoms with Crippen molar-refractivity contribution in [2.75, 3.05) is 27.3 Å². The third kappa shape index (κ3) is 3.94. The Bertz CT molecular complexity index is 448. The van der Waals surface area contributed by atoms with E-state index >= 15 is 0 Å². The standard InChI is InChI=1S/C13H18N2O4/c1-4-15(9-7-11(16)18-2)13(17)10-6-5-8-14-12(10)19-3/h5-6,8H,4,7,9H2,1-3H3. The van der Waals surface area contributed by atoms with Crippen molar-refractivity contribution in [1.29, 1.82) is 0 Å². The molecule has 0 fully saturated rings. The average molecular weight is 266 g/mol. The monoisotopic (exact) mass is 266 g/mol. The fourth-order valence-electron chi connectivity index (χ4n) is 1.62. The van der Waals surface area contributed by atoms with Gasteiger partial charge in [-0.15, -0.1) is 0 Å². The molecule has 1 rings (SSSR count). The van der Waals surface area contributed by atoms with Crippen LogP contribution in [-0.2, 0) is 9.53 Å². The van der Waals surface area contributed by atoms with Crippen molar-refractivity contribution < 1.29 is 19.1 Å². The number of nitrogens with zero attached hydrogens (tertiary/aromatic N) is 2. The fraction of sp³-hybridized carbons (Fsp3) is 0.462. The summed E-state index contributed by atoms with van der Waals surface area (Å²) >= 11 is 0. The van der Waals surface area contributed by atoms with Gasteiger partial charge in [-0.25, -0.2) is 4.98 Å². The van der Waals surface area contributed by atoms with Crippen molar-refractivity contribution in [2.45, 2.75) is 13.3 Å². The van der Waals surface area contributed by atoms with E-state index in [1.54, 1.807) is 23.2 Å². The summed E-state index contributed by atoms with van der Waals surface area (Å²) in [6.07, 6.45) is 1.72. The van der Waals surface area contributed by atoms with E-state index in [1.807, 2.05) is 6.92 Å². The van der Waals surface area contributed by atoms with Gasteiger partial charge in [-0.1, -0.05) is 0 Å². The maximum absolute atomic E-state index is 12.3. The highest BCUT2D eigenvalue weighted by Crippen LogP contribution is 2.16. The first kappa shape index (κ1) is 14.9. The van der Waals surface area contributed by atoms with E-state index in [0.29, 0.717) is 18.7 Å². The van der Waals surface area contributed by atoms with Crippen LogP contribution >= 0.6 is 0 Å². The minimum atomic E-state index is -0.343. The number of hydrogen-bond acceptors (Lipinski definition) is 5. The normalized spacial score (nSPS) is 9.84. The summed E-state index contributed by atoms with van der Waals surface area (Å²) in [6.45, 7) is 2.64. The summed E-state index contributed by atoms with van der Waals surface area (Å²) in [4.78, 5) is 29.0. The highest BCUT2D eigenvalue weighted by atomic mass is 16.5. The number of methoxy groups -OCH3 is 2. The maximum Gasteiger partial charge on any atom is 0.307 e. The van der Waals surface area contributed by atoms with E-state index in [0.717, 1.165) is 0 Å². The molecule has 1 aromatic heterocycles. The number of pyridine rings is 1. The predicted molar refractivity (Wildman–Crippen MR) is 69.0 cm³/mol. The summed E-state index contributed by atoms with van der Waals surface area (Å²) in [5.41, 5.74) is 0.386. The highest BCUT2D eigenvalue weighted by molar-refractivity contribution is 5.96. The predicted octanol–water partition coefficient (Wildman–Crippen LogP) is 1.12. The molecule has 0 N–H and O–H groups in total. The Balaban J connectivity index is 2.80. The number of aromatic nitrogens is 1. The Labute approximate surface area is 112 Å². The molecule has 0 aliphatic carbocycles. The van der Waals surface area contributed by atoms with Gasteiger partial charge in [0.05, 0.1) is 20.6 Å². The molecular formula is C13H18N2O4. The molecule has 0 saturated carbocycles. The minimum Gasteiger partial charge on any atom is -0.480 e. The largest absolute Gasteiger partial charge is 0.480 e. The van der Waals surface area contributed by atoms with E-state index in [9.17, 15) is 9.59 Å². The SMILES string of the molecule is CCN(CCC(=O)OC)C(=O)c1cccnc1OC. The molecule has 0 radical (unpaired) electrons. The van der Waals surface area contributed by atoms with Gasteiger partial charge in [-0.05, 0) is 19.1 Å². The number of rotatable bonds is 6. The Morgan fingerprint density at radius 3 is 2.68 bits per heavy atom. The van der Waals surface area contributed by atoms with Gasteiger partial charge >= 0.3 is 5.97 Å². The van der Waals surface area contributed by atoms with Crippen molar-refractivity contribution in [1.82, 2.24) is 9.88 Å². The number of ether oxygens (including phenoxy) is 2. The molecular weight excluding hydrogens is 248 g/mol. The van der Waals surface area contributed by atoms with Gasteiger partial charge in [0, 0.05) is 19.3 Å². The first-order chi connectivity index (χ1) is 9.13. The smallest absolute Gasteiger partial charge is 0.307 e. The molecule has 19 heavy (non-hydrogen) atoms. The van der Waals surface area contributed by atoms with E-state index < -0.39 is 0 Å². The first-order valence-corrected chi connectivity index (χ1v) is 5.99. The van der Waals surface area contributed by atoms with Crippen LogP contribution in [0, 0.1) is 0 Å². The van der Waals surface area contributed by atoms with Gasteiger partial charge < -0.3 is 14.4 Å². The van der Waals surface area contributed by atoms with Crippen LogP contribution in [0.4, 0.5) is 0 Å². The van der Waals surface area contributed by atoms with Gasteiger partial charge in [0.15, 0.2) is 0 Å². The zero-order valence-corrected chi connectivity index (χ0v) is 11.4. The molecule has 1 aromatic rings. The van der Waals surface area contributed by atoms with Crippen molar-refractivity contribution >= 4 is 11.9 Å². The van der Waals surface area contributed by atoms with Crippen LogP contribution in [0.3, 0.4) is 0 Å².